The van der Waals surface area contributed by atoms with Gasteiger partial charge in [-0.1, -0.05) is 24.3 Å². The van der Waals surface area contributed by atoms with E-state index in [1.165, 1.54) is 7.11 Å². The van der Waals surface area contributed by atoms with Gasteiger partial charge in [-0.2, -0.15) is 11.8 Å². The van der Waals surface area contributed by atoms with Crippen molar-refractivity contribution in [2.45, 2.75) is 38.8 Å². The first-order valence-electron chi connectivity index (χ1n) is 9.55. The van der Waals surface area contributed by atoms with Gasteiger partial charge >= 0.3 is 12.1 Å². The molecular weight excluding hydrogens is 404 g/mol. The van der Waals surface area contributed by atoms with Crippen molar-refractivity contribution in [3.05, 3.63) is 42.0 Å². The van der Waals surface area contributed by atoms with E-state index in [4.69, 9.17) is 9.47 Å². The molecule has 0 spiro atoms. The number of amides is 2. The van der Waals surface area contributed by atoms with Gasteiger partial charge in [0.15, 0.2) is 0 Å². The van der Waals surface area contributed by atoms with E-state index in [1.54, 1.807) is 50.7 Å². The second-order valence-corrected chi connectivity index (χ2v) is 8.65. The number of nitrogens with one attached hydrogen (secondary N) is 2. The first-order chi connectivity index (χ1) is 14.2. The molecule has 2 aromatic rings. The number of fused-ring (bicyclic) bond motifs is 1. The smallest absolute Gasteiger partial charge is 0.412 e. The second kappa shape index (κ2) is 10.3. The number of carbonyl (C=O) groups excluding carboxylic acids is 3. The summed E-state index contributed by atoms with van der Waals surface area (Å²) in [6.45, 7) is 5.35. The molecule has 0 aliphatic rings. The van der Waals surface area contributed by atoms with Crippen LogP contribution in [0.1, 0.15) is 37.6 Å². The van der Waals surface area contributed by atoms with Gasteiger partial charge in [-0.25, -0.2) is 9.59 Å². The largest absolute Gasteiger partial charge is 0.467 e. The van der Waals surface area contributed by atoms with Gasteiger partial charge in [0.05, 0.1) is 12.8 Å². The Morgan fingerprint density at radius 3 is 2.33 bits per heavy atom. The van der Waals surface area contributed by atoms with E-state index in [9.17, 15) is 14.4 Å². The number of benzene rings is 2. The zero-order chi connectivity index (χ0) is 22.3. The van der Waals surface area contributed by atoms with E-state index in [1.807, 2.05) is 24.5 Å². The molecule has 0 fully saturated rings. The summed E-state index contributed by atoms with van der Waals surface area (Å²) in [4.78, 5) is 37.1. The van der Waals surface area contributed by atoms with Gasteiger partial charge in [-0.3, -0.25) is 10.1 Å². The van der Waals surface area contributed by atoms with Gasteiger partial charge < -0.3 is 14.8 Å². The summed E-state index contributed by atoms with van der Waals surface area (Å²) in [7, 11) is 1.30. The van der Waals surface area contributed by atoms with Crippen LogP contribution in [0.3, 0.4) is 0 Å². The molecule has 2 rings (SSSR count). The highest BCUT2D eigenvalue weighted by Gasteiger charge is 2.23. The van der Waals surface area contributed by atoms with Crippen LogP contribution >= 0.6 is 11.8 Å². The third kappa shape index (κ3) is 6.38. The highest BCUT2D eigenvalue weighted by molar-refractivity contribution is 7.98. The molecule has 0 unspecified atom stereocenters. The first kappa shape index (κ1) is 23.5. The predicted molar refractivity (Wildman–Crippen MR) is 120 cm³/mol. The van der Waals surface area contributed by atoms with E-state index in [-0.39, 0.29) is 5.91 Å². The summed E-state index contributed by atoms with van der Waals surface area (Å²) < 4.78 is 10.1. The molecule has 0 aliphatic heterocycles. The van der Waals surface area contributed by atoms with E-state index in [0.717, 1.165) is 0 Å². The SMILES string of the molecule is COC(=O)[C@H](CCSC)NC(=O)c1ccc(NC(=O)OC(C)(C)C)c2ccccc12. The highest BCUT2D eigenvalue weighted by Crippen LogP contribution is 2.27. The lowest BCUT2D eigenvalue weighted by Crippen LogP contribution is -2.42. The molecule has 0 radical (unpaired) electrons. The summed E-state index contributed by atoms with van der Waals surface area (Å²) >= 11 is 1.58. The second-order valence-electron chi connectivity index (χ2n) is 7.66. The number of methoxy groups -OCH3 is 1. The number of esters is 1. The lowest BCUT2D eigenvalue weighted by atomic mass is 10.0. The van der Waals surface area contributed by atoms with E-state index < -0.39 is 23.7 Å². The van der Waals surface area contributed by atoms with Crippen LogP contribution in [-0.4, -0.2) is 48.7 Å². The van der Waals surface area contributed by atoms with Gasteiger partial charge in [0.1, 0.15) is 11.6 Å². The zero-order valence-electron chi connectivity index (χ0n) is 17.9. The van der Waals surface area contributed by atoms with Crippen LogP contribution in [0, 0.1) is 0 Å². The maximum absolute atomic E-state index is 12.9. The molecule has 7 nitrogen and oxygen atoms in total. The first-order valence-corrected chi connectivity index (χ1v) is 10.9. The summed E-state index contributed by atoms with van der Waals surface area (Å²) in [5.74, 6) is -0.157. The molecule has 0 heterocycles. The molecular formula is C22H28N2O5S. The molecule has 2 N–H and O–H groups in total. The third-order valence-corrected chi connectivity index (χ3v) is 4.85. The number of rotatable bonds is 7. The fraction of sp³-hybridized carbons (Fsp3) is 0.409. The van der Waals surface area contributed by atoms with E-state index in [0.29, 0.717) is 34.2 Å². The van der Waals surface area contributed by atoms with E-state index in [2.05, 4.69) is 10.6 Å². The molecule has 0 saturated heterocycles. The Morgan fingerprint density at radius 2 is 1.73 bits per heavy atom. The summed E-state index contributed by atoms with van der Waals surface area (Å²) in [5.41, 5.74) is 0.307. The number of anilines is 1. The monoisotopic (exact) mass is 432 g/mol. The lowest BCUT2D eigenvalue weighted by molar-refractivity contribution is -0.142. The number of thioether (sulfide) groups is 1. The average molecular weight is 433 g/mol. The molecule has 2 amide bonds. The Kier molecular flexibility index (Phi) is 8.11. The zero-order valence-corrected chi connectivity index (χ0v) is 18.7. The Bertz CT molecular complexity index is 923. The maximum atomic E-state index is 12.9. The van der Waals surface area contributed by atoms with E-state index >= 15 is 0 Å². The number of carbonyl (C=O) groups is 3. The topological polar surface area (TPSA) is 93.7 Å². The van der Waals surface area contributed by atoms with Crippen molar-refractivity contribution in [3.8, 4) is 0 Å². The van der Waals surface area contributed by atoms with Crippen molar-refractivity contribution in [2.75, 3.05) is 24.4 Å². The summed E-state index contributed by atoms with van der Waals surface area (Å²) in [6, 6.07) is 9.77. The normalized spacial score (nSPS) is 12.2. The van der Waals surface area contributed by atoms with Crippen LogP contribution < -0.4 is 10.6 Å². The minimum absolute atomic E-state index is 0.383. The summed E-state index contributed by atoms with van der Waals surface area (Å²) in [6.07, 6.45) is 1.82. The molecule has 1 atom stereocenters. The molecule has 162 valence electrons. The molecule has 0 aromatic heterocycles. The van der Waals surface area contributed by atoms with Gasteiger partial charge in [0.25, 0.3) is 5.91 Å². The fourth-order valence-corrected chi connectivity index (χ4v) is 3.35. The predicted octanol–water partition coefficient (Wildman–Crippen LogP) is 4.21. The molecule has 0 saturated carbocycles. The third-order valence-electron chi connectivity index (χ3n) is 4.21. The van der Waals surface area contributed by atoms with Crippen molar-refractivity contribution >= 4 is 46.2 Å². The number of hydrogen-bond donors (Lipinski definition) is 2. The van der Waals surface area contributed by atoms with Crippen LogP contribution in [0.25, 0.3) is 10.8 Å². The Morgan fingerprint density at radius 1 is 1.07 bits per heavy atom. The van der Waals surface area contributed by atoms with Crippen molar-refractivity contribution in [1.82, 2.24) is 5.32 Å². The van der Waals surface area contributed by atoms with Crippen molar-refractivity contribution in [1.29, 1.82) is 0 Å². The van der Waals surface area contributed by atoms with Gasteiger partial charge in [0, 0.05) is 10.9 Å². The quantitative estimate of drug-likeness (QED) is 0.637. The van der Waals surface area contributed by atoms with Crippen molar-refractivity contribution < 1.29 is 23.9 Å². The molecule has 2 aromatic carbocycles. The minimum atomic E-state index is -0.728. The number of hydrogen-bond acceptors (Lipinski definition) is 6. The molecule has 0 aliphatic carbocycles. The maximum Gasteiger partial charge on any atom is 0.412 e. The van der Waals surface area contributed by atoms with Crippen LogP contribution in [0.4, 0.5) is 10.5 Å². The van der Waals surface area contributed by atoms with Crippen LogP contribution in [-0.2, 0) is 14.3 Å². The Labute approximate surface area is 180 Å². The molecule has 0 bridgehead atoms. The Hall–Kier alpha value is -2.74. The summed E-state index contributed by atoms with van der Waals surface area (Å²) in [5, 5.41) is 6.84. The Balaban J connectivity index is 2.31. The minimum Gasteiger partial charge on any atom is -0.467 e. The van der Waals surface area contributed by atoms with Crippen LogP contribution in [0.15, 0.2) is 36.4 Å². The van der Waals surface area contributed by atoms with Gasteiger partial charge in [-0.05, 0) is 56.7 Å². The van der Waals surface area contributed by atoms with Crippen LogP contribution in [0.2, 0.25) is 0 Å². The van der Waals surface area contributed by atoms with Gasteiger partial charge in [-0.15, -0.1) is 0 Å². The average Bonchev–Trinajstić information content (AvgIpc) is 2.69. The van der Waals surface area contributed by atoms with Crippen molar-refractivity contribution in [3.63, 3.8) is 0 Å². The standard InChI is InChI=1S/C22H28N2O5S/c1-22(2,3)29-21(27)24-17-11-10-16(14-8-6-7-9-15(14)17)19(25)23-18(12-13-30-5)20(26)28-4/h6-11,18H,12-13H2,1-5H3,(H,23,25)(H,24,27)/t18-/m0/s1. The lowest BCUT2D eigenvalue weighted by Gasteiger charge is -2.20. The van der Waals surface area contributed by atoms with Crippen LogP contribution in [0.5, 0.6) is 0 Å². The van der Waals surface area contributed by atoms with Gasteiger partial charge in [0.2, 0.25) is 0 Å². The fourth-order valence-electron chi connectivity index (χ4n) is 2.88. The number of ether oxygens (including phenoxy) is 2. The molecule has 8 heteroatoms. The van der Waals surface area contributed by atoms with Crippen molar-refractivity contribution in [2.24, 2.45) is 0 Å². The molecule has 30 heavy (non-hydrogen) atoms. The highest BCUT2D eigenvalue weighted by atomic mass is 32.2.